The molecule has 2 aromatic rings. The highest BCUT2D eigenvalue weighted by Crippen LogP contribution is 2.33. The summed E-state index contributed by atoms with van der Waals surface area (Å²) in [5.74, 6) is -2.41. The largest absolute Gasteiger partial charge is 0.478 e. The molecule has 0 aliphatic carbocycles. The predicted molar refractivity (Wildman–Crippen MR) is 75.2 cm³/mol. The number of benzene rings is 1. The van der Waals surface area contributed by atoms with Crippen LogP contribution in [0, 0.1) is 0 Å². The van der Waals surface area contributed by atoms with Gasteiger partial charge in [0.2, 0.25) is 0 Å². The topological polar surface area (TPSA) is 88.3 Å². The molecule has 24 heavy (non-hydrogen) atoms. The maximum Gasteiger partial charge on any atom is 0.417 e. The molecule has 10 heteroatoms. The number of aromatic carboxylic acids is 1. The SMILES string of the molecule is CN(Cc1cn(C)nn1)C(=O)c1ccc(C(=O)O)cc1C(F)(F)F. The van der Waals surface area contributed by atoms with E-state index in [4.69, 9.17) is 5.11 Å². The van der Waals surface area contributed by atoms with Crippen molar-refractivity contribution in [2.24, 2.45) is 7.05 Å². The molecule has 2 rings (SSSR count). The number of carboxylic acids is 1. The van der Waals surface area contributed by atoms with Gasteiger partial charge in [0.1, 0.15) is 5.69 Å². The second-order valence-corrected chi connectivity index (χ2v) is 5.11. The number of carbonyl (C=O) groups is 2. The molecule has 0 saturated carbocycles. The lowest BCUT2D eigenvalue weighted by Gasteiger charge is -2.19. The van der Waals surface area contributed by atoms with Crippen LogP contribution in [0.1, 0.15) is 32.0 Å². The smallest absolute Gasteiger partial charge is 0.417 e. The Morgan fingerprint density at radius 2 is 2.00 bits per heavy atom. The standard InChI is InChI=1S/C14H13F3N4O3/c1-20(6-9-7-21(2)19-18-9)12(22)10-4-3-8(13(23)24)5-11(10)14(15,16)17/h3-5,7H,6H2,1-2H3,(H,23,24). The fourth-order valence-corrected chi connectivity index (χ4v) is 2.09. The first-order valence-electron chi connectivity index (χ1n) is 6.65. The van der Waals surface area contributed by atoms with Crippen LogP contribution >= 0.6 is 0 Å². The van der Waals surface area contributed by atoms with Gasteiger partial charge < -0.3 is 10.0 Å². The fourth-order valence-electron chi connectivity index (χ4n) is 2.09. The molecule has 0 fully saturated rings. The monoisotopic (exact) mass is 342 g/mol. The lowest BCUT2D eigenvalue weighted by Crippen LogP contribution is -2.29. The number of halogens is 3. The number of nitrogens with zero attached hydrogens (tertiary/aromatic N) is 4. The van der Waals surface area contributed by atoms with E-state index in [1.54, 1.807) is 7.05 Å². The number of aromatic nitrogens is 3. The zero-order chi connectivity index (χ0) is 18.1. The number of alkyl halides is 3. The Morgan fingerprint density at radius 3 is 2.50 bits per heavy atom. The maximum absolute atomic E-state index is 13.2. The third kappa shape index (κ3) is 3.70. The summed E-state index contributed by atoms with van der Waals surface area (Å²) in [6.45, 7) is -0.0371. The molecule has 1 aromatic heterocycles. The predicted octanol–water partition coefficient (Wildman–Crippen LogP) is 1.80. The lowest BCUT2D eigenvalue weighted by atomic mass is 10.0. The van der Waals surface area contributed by atoms with E-state index in [0.29, 0.717) is 11.8 Å². The number of carbonyl (C=O) groups excluding carboxylic acids is 1. The minimum absolute atomic E-state index is 0.0371. The first kappa shape index (κ1) is 17.4. The van der Waals surface area contributed by atoms with Crippen LogP contribution in [0.4, 0.5) is 13.2 Å². The number of hydrogen-bond donors (Lipinski definition) is 1. The zero-order valence-corrected chi connectivity index (χ0v) is 12.7. The van der Waals surface area contributed by atoms with E-state index >= 15 is 0 Å². The minimum atomic E-state index is -4.86. The van der Waals surface area contributed by atoms with Gasteiger partial charge in [-0.25, -0.2) is 4.79 Å². The van der Waals surface area contributed by atoms with Gasteiger partial charge in [-0.05, 0) is 18.2 Å². The third-order valence-corrected chi connectivity index (χ3v) is 3.20. The van der Waals surface area contributed by atoms with Crippen molar-refractivity contribution in [1.82, 2.24) is 19.9 Å². The third-order valence-electron chi connectivity index (χ3n) is 3.20. The Balaban J connectivity index is 2.35. The van der Waals surface area contributed by atoms with Crippen LogP contribution in [0.15, 0.2) is 24.4 Å². The summed E-state index contributed by atoms with van der Waals surface area (Å²) >= 11 is 0. The molecule has 7 nitrogen and oxygen atoms in total. The number of carboxylic acid groups (broad SMARTS) is 1. The van der Waals surface area contributed by atoms with Gasteiger partial charge in [-0.3, -0.25) is 9.48 Å². The van der Waals surface area contributed by atoms with Gasteiger partial charge in [0, 0.05) is 20.3 Å². The van der Waals surface area contributed by atoms with Crippen molar-refractivity contribution in [2.45, 2.75) is 12.7 Å². The summed E-state index contributed by atoms with van der Waals surface area (Å²) in [5, 5.41) is 16.3. The first-order valence-corrected chi connectivity index (χ1v) is 6.65. The summed E-state index contributed by atoms with van der Waals surface area (Å²) in [6, 6.07) is 2.27. The summed E-state index contributed by atoms with van der Waals surface area (Å²) in [6.07, 6.45) is -3.33. The van der Waals surface area contributed by atoms with Crippen molar-refractivity contribution in [3.05, 3.63) is 46.8 Å². The van der Waals surface area contributed by atoms with E-state index in [1.165, 1.54) is 17.9 Å². The number of rotatable bonds is 4. The summed E-state index contributed by atoms with van der Waals surface area (Å²) in [4.78, 5) is 24.2. The van der Waals surface area contributed by atoms with Gasteiger partial charge in [-0.1, -0.05) is 5.21 Å². The van der Waals surface area contributed by atoms with Crippen LogP contribution in [0.25, 0.3) is 0 Å². The quantitative estimate of drug-likeness (QED) is 0.915. The van der Waals surface area contributed by atoms with E-state index in [0.717, 1.165) is 17.0 Å². The highest BCUT2D eigenvalue weighted by molar-refractivity contribution is 5.97. The summed E-state index contributed by atoms with van der Waals surface area (Å²) in [7, 11) is 2.94. The normalized spacial score (nSPS) is 11.4. The van der Waals surface area contributed by atoms with Crippen molar-refractivity contribution in [3.63, 3.8) is 0 Å². The Kier molecular flexibility index (Phi) is 4.58. The molecule has 1 amide bonds. The molecule has 1 aromatic carbocycles. The van der Waals surface area contributed by atoms with Crippen LogP contribution in [0.5, 0.6) is 0 Å². The molecule has 0 unspecified atom stereocenters. The fraction of sp³-hybridized carbons (Fsp3) is 0.286. The van der Waals surface area contributed by atoms with Gasteiger partial charge >= 0.3 is 12.1 Å². The van der Waals surface area contributed by atoms with Gasteiger partial charge in [0.05, 0.1) is 23.2 Å². The Morgan fingerprint density at radius 1 is 1.33 bits per heavy atom. The molecule has 0 saturated heterocycles. The molecule has 0 atom stereocenters. The van der Waals surface area contributed by atoms with E-state index in [1.807, 2.05) is 0 Å². The first-order chi connectivity index (χ1) is 11.1. The van der Waals surface area contributed by atoms with E-state index in [-0.39, 0.29) is 6.54 Å². The van der Waals surface area contributed by atoms with E-state index in [2.05, 4.69) is 10.3 Å². The molecule has 0 spiro atoms. The summed E-state index contributed by atoms with van der Waals surface area (Å²) in [5.41, 5.74) is -2.06. The Hall–Kier alpha value is -2.91. The average molecular weight is 342 g/mol. The molecular formula is C14H13F3N4O3. The van der Waals surface area contributed by atoms with Crippen molar-refractivity contribution in [3.8, 4) is 0 Å². The number of hydrogen-bond acceptors (Lipinski definition) is 4. The second-order valence-electron chi connectivity index (χ2n) is 5.11. The van der Waals surface area contributed by atoms with Crippen LogP contribution in [-0.4, -0.2) is 43.9 Å². The molecule has 0 bridgehead atoms. The zero-order valence-electron chi connectivity index (χ0n) is 12.7. The average Bonchev–Trinajstić information content (AvgIpc) is 2.90. The summed E-state index contributed by atoms with van der Waals surface area (Å²) < 4.78 is 40.9. The molecule has 0 radical (unpaired) electrons. The molecule has 128 valence electrons. The van der Waals surface area contributed by atoms with Crippen molar-refractivity contribution in [2.75, 3.05) is 7.05 Å². The van der Waals surface area contributed by atoms with Crippen LogP contribution in [-0.2, 0) is 19.8 Å². The van der Waals surface area contributed by atoms with Crippen LogP contribution in [0.3, 0.4) is 0 Å². The van der Waals surface area contributed by atoms with Crippen LogP contribution < -0.4 is 0 Å². The highest BCUT2D eigenvalue weighted by atomic mass is 19.4. The number of amides is 1. The molecule has 0 aliphatic rings. The molecular weight excluding hydrogens is 329 g/mol. The van der Waals surface area contributed by atoms with E-state index in [9.17, 15) is 22.8 Å². The van der Waals surface area contributed by atoms with Gasteiger partial charge in [-0.2, -0.15) is 13.2 Å². The Bertz CT molecular complexity index is 786. The Labute approximate surface area is 134 Å². The van der Waals surface area contributed by atoms with Crippen molar-refractivity contribution >= 4 is 11.9 Å². The maximum atomic E-state index is 13.2. The molecule has 0 aliphatic heterocycles. The number of aryl methyl sites for hydroxylation is 1. The minimum Gasteiger partial charge on any atom is -0.478 e. The second kappa shape index (κ2) is 6.30. The van der Waals surface area contributed by atoms with E-state index < -0.39 is 34.7 Å². The molecule has 1 heterocycles. The van der Waals surface area contributed by atoms with Gasteiger partial charge in [0.25, 0.3) is 5.91 Å². The van der Waals surface area contributed by atoms with Gasteiger partial charge in [-0.15, -0.1) is 5.10 Å². The highest BCUT2D eigenvalue weighted by Gasteiger charge is 2.36. The van der Waals surface area contributed by atoms with Crippen molar-refractivity contribution < 1.29 is 27.9 Å². The lowest BCUT2D eigenvalue weighted by molar-refractivity contribution is -0.138. The molecule has 1 N–H and O–H groups in total. The van der Waals surface area contributed by atoms with Gasteiger partial charge in [0.15, 0.2) is 0 Å². The van der Waals surface area contributed by atoms with Crippen molar-refractivity contribution in [1.29, 1.82) is 0 Å². The van der Waals surface area contributed by atoms with Crippen LogP contribution in [0.2, 0.25) is 0 Å².